The van der Waals surface area contributed by atoms with E-state index in [1.165, 1.54) is 0 Å². The van der Waals surface area contributed by atoms with Crippen LogP contribution in [0.25, 0.3) is 0 Å². The lowest BCUT2D eigenvalue weighted by Crippen LogP contribution is -2.44. The monoisotopic (exact) mass is 348 g/mol. The zero-order chi connectivity index (χ0) is 18.0. The summed E-state index contributed by atoms with van der Waals surface area (Å²) in [6.45, 7) is 1.97. The predicted octanol–water partition coefficient (Wildman–Crippen LogP) is 1.37. The van der Waals surface area contributed by atoms with Crippen LogP contribution in [0.1, 0.15) is 29.6 Å². The van der Waals surface area contributed by atoms with Crippen LogP contribution >= 0.6 is 0 Å². The molecule has 2 aliphatic heterocycles. The van der Waals surface area contributed by atoms with Crippen molar-refractivity contribution in [1.29, 1.82) is 0 Å². The van der Waals surface area contributed by atoms with Gasteiger partial charge in [0.2, 0.25) is 0 Å². The quantitative estimate of drug-likeness (QED) is 0.854. The van der Waals surface area contributed by atoms with Crippen molar-refractivity contribution in [1.82, 2.24) is 10.2 Å². The summed E-state index contributed by atoms with van der Waals surface area (Å²) in [5.74, 6) is 0.326. The summed E-state index contributed by atoms with van der Waals surface area (Å²) >= 11 is 0. The Bertz CT molecular complexity index is 645. The van der Waals surface area contributed by atoms with E-state index in [2.05, 4.69) is 5.32 Å². The smallest absolute Gasteiger partial charge is 0.320 e. The zero-order valence-corrected chi connectivity index (χ0v) is 14.6. The molecule has 3 rings (SSSR count). The number of aliphatic carboxylic acids is 1. The Kier molecular flexibility index (Phi) is 4.85. The molecule has 0 aromatic heterocycles. The van der Waals surface area contributed by atoms with Crippen LogP contribution < -0.4 is 14.8 Å². The third-order valence-electron chi connectivity index (χ3n) is 5.37. The van der Waals surface area contributed by atoms with Gasteiger partial charge in [0.15, 0.2) is 0 Å². The number of benzene rings is 1. The summed E-state index contributed by atoms with van der Waals surface area (Å²) in [5.41, 5.74) is 0.534. The minimum atomic E-state index is -0.793. The normalized spacial score (nSPS) is 22.0. The Morgan fingerprint density at radius 3 is 2.24 bits per heavy atom. The molecule has 7 heteroatoms. The van der Waals surface area contributed by atoms with Crippen molar-refractivity contribution in [2.75, 3.05) is 33.9 Å². The van der Waals surface area contributed by atoms with Gasteiger partial charge < -0.3 is 24.8 Å². The number of hydrogen-bond acceptors (Lipinski definition) is 5. The largest absolute Gasteiger partial charge is 0.497 e. The van der Waals surface area contributed by atoms with Crippen LogP contribution in [-0.4, -0.2) is 61.8 Å². The van der Waals surface area contributed by atoms with E-state index in [-0.39, 0.29) is 11.3 Å². The zero-order valence-electron chi connectivity index (χ0n) is 14.6. The Morgan fingerprint density at radius 2 is 1.76 bits per heavy atom. The third-order valence-corrected chi connectivity index (χ3v) is 5.37. The second kappa shape index (κ2) is 6.92. The number of amides is 1. The number of nitrogens with zero attached hydrogens (tertiary/aromatic N) is 1. The molecule has 0 saturated carbocycles. The number of carboxylic acids is 1. The van der Waals surface area contributed by atoms with E-state index in [1.54, 1.807) is 32.4 Å². The minimum Gasteiger partial charge on any atom is -0.497 e. The summed E-state index contributed by atoms with van der Waals surface area (Å²) in [4.78, 5) is 25.8. The van der Waals surface area contributed by atoms with Crippen LogP contribution in [-0.2, 0) is 4.79 Å². The van der Waals surface area contributed by atoms with Crippen LogP contribution in [0.15, 0.2) is 18.2 Å². The Labute approximate surface area is 146 Å². The van der Waals surface area contributed by atoms with Crippen molar-refractivity contribution in [3.05, 3.63) is 23.8 Å². The molecule has 0 radical (unpaired) electrons. The number of nitrogens with one attached hydrogen (secondary N) is 1. The van der Waals surface area contributed by atoms with Gasteiger partial charge in [-0.1, -0.05) is 0 Å². The first kappa shape index (κ1) is 17.5. The van der Waals surface area contributed by atoms with Crippen molar-refractivity contribution in [3.63, 3.8) is 0 Å². The number of rotatable bonds is 4. The first-order valence-electron chi connectivity index (χ1n) is 8.45. The molecule has 0 bridgehead atoms. The lowest BCUT2D eigenvalue weighted by atomic mass is 9.76. The fourth-order valence-electron chi connectivity index (χ4n) is 3.77. The van der Waals surface area contributed by atoms with Crippen LogP contribution in [0.4, 0.5) is 0 Å². The number of carboxylic acid groups (broad SMARTS) is 1. The van der Waals surface area contributed by atoms with E-state index in [9.17, 15) is 9.59 Å². The van der Waals surface area contributed by atoms with Crippen LogP contribution in [0, 0.1) is 5.41 Å². The molecule has 2 N–H and O–H groups in total. The highest BCUT2D eigenvalue weighted by Gasteiger charge is 2.44. The summed E-state index contributed by atoms with van der Waals surface area (Å²) < 4.78 is 10.5. The number of methoxy groups -OCH3 is 2. The Hall–Kier alpha value is -2.28. The minimum absolute atomic E-state index is 0.00803. The second-order valence-electron chi connectivity index (χ2n) is 6.87. The molecule has 2 saturated heterocycles. The summed E-state index contributed by atoms with van der Waals surface area (Å²) in [7, 11) is 3.11. The van der Waals surface area contributed by atoms with Crippen molar-refractivity contribution in [3.8, 4) is 11.5 Å². The van der Waals surface area contributed by atoms with Crippen molar-refractivity contribution >= 4 is 11.9 Å². The molecule has 1 aromatic rings. The highest BCUT2D eigenvalue weighted by molar-refractivity contribution is 5.95. The Balaban J connectivity index is 1.67. The van der Waals surface area contributed by atoms with E-state index < -0.39 is 12.0 Å². The van der Waals surface area contributed by atoms with Crippen LogP contribution in [0.3, 0.4) is 0 Å². The highest BCUT2D eigenvalue weighted by atomic mass is 16.5. The lowest BCUT2D eigenvalue weighted by Gasteiger charge is -2.39. The second-order valence-corrected chi connectivity index (χ2v) is 6.87. The van der Waals surface area contributed by atoms with Crippen LogP contribution in [0.5, 0.6) is 11.5 Å². The third kappa shape index (κ3) is 3.56. The molecule has 0 aliphatic carbocycles. The molecule has 1 amide bonds. The maximum absolute atomic E-state index is 12.8. The van der Waals surface area contributed by atoms with Crippen molar-refractivity contribution < 1.29 is 24.2 Å². The number of likely N-dealkylation sites (tertiary alicyclic amines) is 1. The van der Waals surface area contributed by atoms with Crippen molar-refractivity contribution in [2.24, 2.45) is 5.41 Å². The van der Waals surface area contributed by atoms with Gasteiger partial charge in [-0.2, -0.15) is 0 Å². The van der Waals surface area contributed by atoms with E-state index in [0.717, 1.165) is 12.8 Å². The van der Waals surface area contributed by atoms with Gasteiger partial charge in [0.25, 0.3) is 5.91 Å². The van der Waals surface area contributed by atoms with E-state index in [1.807, 2.05) is 4.90 Å². The molecule has 136 valence electrons. The summed E-state index contributed by atoms with van der Waals surface area (Å²) in [5, 5.41) is 12.3. The van der Waals surface area contributed by atoms with Gasteiger partial charge in [0, 0.05) is 31.3 Å². The maximum atomic E-state index is 12.8. The number of ether oxygens (including phenoxy) is 2. The molecule has 2 heterocycles. The number of carbonyl (C=O) groups excluding carboxylic acids is 1. The molecule has 25 heavy (non-hydrogen) atoms. The number of carbonyl (C=O) groups is 2. The first-order valence-corrected chi connectivity index (χ1v) is 8.45. The van der Waals surface area contributed by atoms with E-state index >= 15 is 0 Å². The van der Waals surface area contributed by atoms with Gasteiger partial charge >= 0.3 is 5.97 Å². The SMILES string of the molecule is COc1cc(OC)cc(C(=O)N2CCC3(CC2)CNC(C(=O)O)C3)c1. The maximum Gasteiger partial charge on any atom is 0.320 e. The van der Waals surface area contributed by atoms with Gasteiger partial charge in [-0.3, -0.25) is 9.59 Å². The molecule has 7 nitrogen and oxygen atoms in total. The summed E-state index contributed by atoms with van der Waals surface area (Å²) in [6.07, 6.45) is 2.27. The van der Waals surface area contributed by atoms with Gasteiger partial charge in [0.1, 0.15) is 17.5 Å². The molecule has 1 unspecified atom stereocenters. The topological polar surface area (TPSA) is 88.1 Å². The molecule has 2 fully saturated rings. The van der Waals surface area contributed by atoms with Crippen molar-refractivity contribution in [2.45, 2.75) is 25.3 Å². The van der Waals surface area contributed by atoms with E-state index in [4.69, 9.17) is 14.6 Å². The average Bonchev–Trinajstić information content (AvgIpc) is 3.05. The lowest BCUT2D eigenvalue weighted by molar-refractivity contribution is -0.139. The van der Waals surface area contributed by atoms with Crippen LogP contribution in [0.2, 0.25) is 0 Å². The van der Waals surface area contributed by atoms with E-state index in [0.29, 0.717) is 43.1 Å². The summed E-state index contributed by atoms with van der Waals surface area (Å²) in [6, 6.07) is 4.70. The van der Waals surface area contributed by atoms with Gasteiger partial charge in [-0.05, 0) is 36.8 Å². The fraction of sp³-hybridized carbons (Fsp3) is 0.556. The van der Waals surface area contributed by atoms with Gasteiger partial charge in [0.05, 0.1) is 14.2 Å². The molecular formula is C18H24N2O5. The molecule has 1 spiro atoms. The van der Waals surface area contributed by atoms with Gasteiger partial charge in [-0.15, -0.1) is 0 Å². The fourth-order valence-corrected chi connectivity index (χ4v) is 3.77. The standard InChI is InChI=1S/C18H24N2O5/c1-24-13-7-12(8-14(9-13)25-2)16(21)20-5-3-18(4-6-20)10-15(17(22)23)19-11-18/h7-9,15,19H,3-6,10-11H2,1-2H3,(H,22,23). The number of piperidine rings is 1. The first-order chi connectivity index (χ1) is 12.0. The molecule has 2 aliphatic rings. The number of hydrogen-bond donors (Lipinski definition) is 2. The highest BCUT2D eigenvalue weighted by Crippen LogP contribution is 2.39. The average molecular weight is 348 g/mol. The predicted molar refractivity (Wildman–Crippen MR) is 91.2 cm³/mol. The molecule has 1 aromatic carbocycles. The molecular weight excluding hydrogens is 324 g/mol. The van der Waals surface area contributed by atoms with Gasteiger partial charge in [-0.25, -0.2) is 0 Å². The Morgan fingerprint density at radius 1 is 1.16 bits per heavy atom. The molecule has 1 atom stereocenters.